The number of carbonyl (C=O) groups is 1. The predicted octanol–water partition coefficient (Wildman–Crippen LogP) is 2.58. The SMILES string of the molecule is C=CCC1NC(=O)N/C(=C(/Br)c2cc(OC)nc(OC)n2)C1Br. The molecule has 7 nitrogen and oxygen atoms in total. The molecule has 1 saturated heterocycles. The fourth-order valence-electron chi connectivity index (χ4n) is 2.05. The van der Waals surface area contributed by atoms with Crippen molar-refractivity contribution < 1.29 is 14.3 Å². The zero-order valence-corrected chi connectivity index (χ0v) is 15.8. The number of ether oxygens (including phenoxy) is 2. The molecule has 1 aliphatic rings. The maximum Gasteiger partial charge on any atom is 0.320 e. The Morgan fingerprint density at radius 1 is 1.43 bits per heavy atom. The first-order valence-corrected chi connectivity index (χ1v) is 8.40. The van der Waals surface area contributed by atoms with Gasteiger partial charge >= 0.3 is 12.0 Å². The Morgan fingerprint density at radius 2 is 2.17 bits per heavy atom. The van der Waals surface area contributed by atoms with Crippen LogP contribution in [0.1, 0.15) is 12.1 Å². The lowest BCUT2D eigenvalue weighted by molar-refractivity contribution is 0.235. The van der Waals surface area contributed by atoms with Crippen LogP contribution >= 0.6 is 31.9 Å². The summed E-state index contributed by atoms with van der Waals surface area (Å²) in [4.78, 5) is 20.1. The molecule has 9 heteroatoms. The van der Waals surface area contributed by atoms with E-state index in [1.54, 1.807) is 12.1 Å². The van der Waals surface area contributed by atoms with Gasteiger partial charge in [0.25, 0.3) is 0 Å². The first-order chi connectivity index (χ1) is 11.0. The number of alkyl halides is 1. The van der Waals surface area contributed by atoms with Gasteiger partial charge in [0.05, 0.1) is 41.0 Å². The van der Waals surface area contributed by atoms with Crippen molar-refractivity contribution in [2.75, 3.05) is 14.2 Å². The fourth-order valence-corrected chi connectivity index (χ4v) is 3.60. The largest absolute Gasteiger partial charge is 0.481 e. The Morgan fingerprint density at radius 3 is 2.78 bits per heavy atom. The predicted molar refractivity (Wildman–Crippen MR) is 94.0 cm³/mol. The van der Waals surface area contributed by atoms with E-state index in [0.717, 1.165) is 0 Å². The summed E-state index contributed by atoms with van der Waals surface area (Å²) in [6.45, 7) is 3.71. The zero-order chi connectivity index (χ0) is 17.0. The summed E-state index contributed by atoms with van der Waals surface area (Å²) in [5, 5.41) is 5.63. The van der Waals surface area contributed by atoms with Crippen molar-refractivity contribution in [1.29, 1.82) is 0 Å². The van der Waals surface area contributed by atoms with E-state index in [4.69, 9.17) is 9.47 Å². The van der Waals surface area contributed by atoms with Crippen molar-refractivity contribution in [1.82, 2.24) is 20.6 Å². The first kappa shape index (κ1) is 17.7. The summed E-state index contributed by atoms with van der Waals surface area (Å²) in [7, 11) is 2.98. The number of methoxy groups -OCH3 is 2. The highest BCUT2D eigenvalue weighted by Crippen LogP contribution is 2.32. The summed E-state index contributed by atoms with van der Waals surface area (Å²) in [5.74, 6) is 0.360. The lowest BCUT2D eigenvalue weighted by Crippen LogP contribution is -2.54. The van der Waals surface area contributed by atoms with Crippen LogP contribution in [0.15, 0.2) is 24.4 Å². The fraction of sp³-hybridized carbons (Fsp3) is 0.357. The van der Waals surface area contributed by atoms with E-state index in [1.165, 1.54) is 14.2 Å². The van der Waals surface area contributed by atoms with Crippen molar-refractivity contribution in [3.05, 3.63) is 30.1 Å². The minimum atomic E-state index is -0.285. The molecule has 2 heterocycles. The molecule has 124 valence electrons. The molecule has 0 aromatic carbocycles. The van der Waals surface area contributed by atoms with Crippen LogP contribution in [0.5, 0.6) is 11.9 Å². The minimum absolute atomic E-state index is 0.116. The van der Waals surface area contributed by atoms with Gasteiger partial charge in [-0.15, -0.1) is 6.58 Å². The number of rotatable bonds is 5. The smallest absolute Gasteiger partial charge is 0.320 e. The van der Waals surface area contributed by atoms with Crippen LogP contribution in [0.25, 0.3) is 4.48 Å². The number of amides is 2. The molecule has 0 bridgehead atoms. The number of carbonyl (C=O) groups excluding carboxylic acids is 1. The third-order valence-corrected chi connectivity index (χ3v) is 5.08. The number of hydrogen-bond acceptors (Lipinski definition) is 5. The van der Waals surface area contributed by atoms with Gasteiger partial charge in [-0.05, 0) is 22.4 Å². The Kier molecular flexibility index (Phi) is 6.00. The summed E-state index contributed by atoms with van der Waals surface area (Å²) in [6, 6.07) is 1.42. The number of aromatic nitrogens is 2. The molecule has 2 atom stereocenters. The lowest BCUT2D eigenvalue weighted by atomic mass is 10.0. The number of urea groups is 1. The van der Waals surface area contributed by atoms with Gasteiger partial charge in [-0.3, -0.25) is 0 Å². The Balaban J connectivity index is 2.46. The molecule has 2 rings (SSSR count). The van der Waals surface area contributed by atoms with E-state index in [9.17, 15) is 4.79 Å². The van der Waals surface area contributed by atoms with Crippen LogP contribution in [0.2, 0.25) is 0 Å². The molecule has 1 fully saturated rings. The molecule has 0 spiro atoms. The molecule has 2 N–H and O–H groups in total. The van der Waals surface area contributed by atoms with Crippen molar-refractivity contribution in [3.63, 3.8) is 0 Å². The van der Waals surface area contributed by atoms with Gasteiger partial charge in [-0.1, -0.05) is 22.0 Å². The normalized spacial score (nSPS) is 22.7. The number of halogens is 2. The second kappa shape index (κ2) is 7.78. The van der Waals surface area contributed by atoms with E-state index >= 15 is 0 Å². The maximum absolute atomic E-state index is 11.9. The van der Waals surface area contributed by atoms with Crippen LogP contribution in [0.4, 0.5) is 4.79 Å². The van der Waals surface area contributed by atoms with Gasteiger partial charge in [0.15, 0.2) is 0 Å². The molecular weight excluding hydrogens is 432 g/mol. The van der Waals surface area contributed by atoms with Crippen LogP contribution < -0.4 is 20.1 Å². The molecule has 1 aliphatic heterocycles. The minimum Gasteiger partial charge on any atom is -0.481 e. The molecule has 1 aromatic heterocycles. The standard InChI is InChI=1S/C14H16Br2N4O3/c1-4-5-7-10(15)12(20-13(21)17-7)11(16)8-6-9(22-2)19-14(18-8)23-3/h4,6-7,10H,1,5H2,2-3H3,(H2,17,20,21)/b12-11+. The highest BCUT2D eigenvalue weighted by Gasteiger charge is 2.32. The number of hydrogen-bond donors (Lipinski definition) is 2. The second-order valence-corrected chi connectivity index (χ2v) is 6.42. The van der Waals surface area contributed by atoms with E-state index < -0.39 is 0 Å². The molecule has 0 aliphatic carbocycles. The van der Waals surface area contributed by atoms with Gasteiger partial charge in [0.2, 0.25) is 5.88 Å². The van der Waals surface area contributed by atoms with Gasteiger partial charge < -0.3 is 20.1 Å². The third-order valence-electron chi connectivity index (χ3n) is 3.15. The summed E-state index contributed by atoms with van der Waals surface area (Å²) in [5.41, 5.74) is 1.19. The summed E-state index contributed by atoms with van der Waals surface area (Å²) in [6.07, 6.45) is 2.39. The summed E-state index contributed by atoms with van der Waals surface area (Å²) < 4.78 is 10.8. The molecule has 0 saturated carbocycles. The zero-order valence-electron chi connectivity index (χ0n) is 12.6. The lowest BCUT2D eigenvalue weighted by Gasteiger charge is -2.31. The molecule has 1 aromatic rings. The average molecular weight is 448 g/mol. The third kappa shape index (κ3) is 4.03. The molecule has 2 amide bonds. The Labute approximate surface area is 150 Å². The highest BCUT2D eigenvalue weighted by atomic mass is 79.9. The van der Waals surface area contributed by atoms with Crippen molar-refractivity contribution in [2.24, 2.45) is 0 Å². The Hall–Kier alpha value is -1.61. The summed E-state index contributed by atoms with van der Waals surface area (Å²) >= 11 is 7.10. The topological polar surface area (TPSA) is 85.4 Å². The van der Waals surface area contributed by atoms with Gasteiger partial charge in [0, 0.05) is 6.07 Å². The van der Waals surface area contributed by atoms with E-state index in [1.807, 2.05) is 0 Å². The molecule has 23 heavy (non-hydrogen) atoms. The van der Waals surface area contributed by atoms with Gasteiger partial charge in [-0.2, -0.15) is 9.97 Å². The molecular formula is C14H16Br2N4O3. The van der Waals surface area contributed by atoms with E-state index in [2.05, 4.69) is 59.0 Å². The molecule has 2 unspecified atom stereocenters. The first-order valence-electron chi connectivity index (χ1n) is 6.69. The van der Waals surface area contributed by atoms with Crippen LogP contribution in [-0.2, 0) is 0 Å². The van der Waals surface area contributed by atoms with Crippen molar-refractivity contribution >= 4 is 42.4 Å². The van der Waals surface area contributed by atoms with Crippen molar-refractivity contribution in [3.8, 4) is 11.9 Å². The second-order valence-electron chi connectivity index (χ2n) is 4.64. The van der Waals surface area contributed by atoms with Crippen LogP contribution in [0, 0.1) is 0 Å². The van der Waals surface area contributed by atoms with Gasteiger partial charge in [0.1, 0.15) is 0 Å². The monoisotopic (exact) mass is 446 g/mol. The molecule has 0 radical (unpaired) electrons. The number of nitrogens with zero attached hydrogens (tertiary/aromatic N) is 2. The van der Waals surface area contributed by atoms with E-state index in [0.29, 0.717) is 28.2 Å². The van der Waals surface area contributed by atoms with Gasteiger partial charge in [-0.25, -0.2) is 4.79 Å². The van der Waals surface area contributed by atoms with Crippen molar-refractivity contribution in [2.45, 2.75) is 17.3 Å². The highest BCUT2D eigenvalue weighted by molar-refractivity contribution is 9.15. The quantitative estimate of drug-likeness (QED) is 0.535. The number of nitrogens with one attached hydrogen (secondary N) is 2. The van der Waals surface area contributed by atoms with Crippen LogP contribution in [-0.4, -0.2) is 41.1 Å². The maximum atomic E-state index is 11.9. The van der Waals surface area contributed by atoms with E-state index in [-0.39, 0.29) is 22.9 Å². The van der Waals surface area contributed by atoms with Crippen LogP contribution in [0.3, 0.4) is 0 Å². The Bertz CT molecular complexity index is 629. The average Bonchev–Trinajstić information content (AvgIpc) is 2.56.